The molecule has 1 N–H and O–H groups in total. The molecular weight excluding hydrogens is 211 g/mol. The van der Waals surface area contributed by atoms with Crippen molar-refractivity contribution in [2.45, 2.75) is 5.88 Å². The van der Waals surface area contributed by atoms with Crippen molar-refractivity contribution in [3.63, 3.8) is 0 Å². The predicted octanol–water partition coefficient (Wildman–Crippen LogP) is 3.48. The summed E-state index contributed by atoms with van der Waals surface area (Å²) in [5.74, 6) is -0.821. The van der Waals surface area contributed by atoms with Crippen LogP contribution in [0.25, 0.3) is 10.1 Å². The van der Waals surface area contributed by atoms with E-state index in [0.717, 1.165) is 5.39 Å². The van der Waals surface area contributed by atoms with E-state index in [1.807, 2.05) is 11.4 Å². The summed E-state index contributed by atoms with van der Waals surface area (Å²) < 4.78 is 13.9. The lowest BCUT2D eigenvalue weighted by atomic mass is 10.1. The number of rotatable bonds is 1. The van der Waals surface area contributed by atoms with Gasteiger partial charge in [-0.2, -0.15) is 0 Å². The molecule has 0 saturated carbocycles. The summed E-state index contributed by atoms with van der Waals surface area (Å²) in [5, 5.41) is 12.1. The molecule has 1 aromatic heterocycles. The summed E-state index contributed by atoms with van der Waals surface area (Å²) in [7, 11) is 0. The second-order valence-electron chi connectivity index (χ2n) is 2.67. The summed E-state index contributed by atoms with van der Waals surface area (Å²) in [6, 6.07) is 3.49. The smallest absolute Gasteiger partial charge is 0.170 e. The molecule has 1 heterocycles. The Hall–Kier alpha value is -0.800. The zero-order valence-corrected chi connectivity index (χ0v) is 8.12. The minimum Gasteiger partial charge on any atom is -0.504 e. The van der Waals surface area contributed by atoms with Gasteiger partial charge in [0.05, 0.1) is 10.6 Å². The first-order valence-electron chi connectivity index (χ1n) is 3.67. The highest BCUT2D eigenvalue weighted by atomic mass is 35.5. The van der Waals surface area contributed by atoms with Crippen LogP contribution >= 0.6 is 22.9 Å². The molecule has 4 heteroatoms. The van der Waals surface area contributed by atoms with Crippen molar-refractivity contribution < 1.29 is 9.50 Å². The van der Waals surface area contributed by atoms with E-state index >= 15 is 0 Å². The van der Waals surface area contributed by atoms with Crippen LogP contribution in [-0.4, -0.2) is 5.11 Å². The number of hydrogen-bond donors (Lipinski definition) is 1. The van der Waals surface area contributed by atoms with Crippen molar-refractivity contribution in [2.75, 3.05) is 0 Å². The summed E-state index contributed by atoms with van der Waals surface area (Å²) in [6.07, 6.45) is 0. The van der Waals surface area contributed by atoms with Gasteiger partial charge in [0, 0.05) is 5.56 Å². The van der Waals surface area contributed by atoms with Gasteiger partial charge in [-0.25, -0.2) is 4.39 Å². The van der Waals surface area contributed by atoms with E-state index in [9.17, 15) is 9.50 Å². The molecule has 0 radical (unpaired) electrons. The van der Waals surface area contributed by atoms with Gasteiger partial charge in [-0.1, -0.05) is 0 Å². The number of alkyl halides is 1. The maximum atomic E-state index is 13.3. The van der Waals surface area contributed by atoms with Crippen LogP contribution in [0.2, 0.25) is 0 Å². The van der Waals surface area contributed by atoms with Crippen molar-refractivity contribution in [3.05, 3.63) is 28.9 Å². The monoisotopic (exact) mass is 216 g/mol. The van der Waals surface area contributed by atoms with E-state index in [-0.39, 0.29) is 11.6 Å². The second-order valence-corrected chi connectivity index (χ2v) is 3.85. The van der Waals surface area contributed by atoms with Gasteiger partial charge in [-0.3, -0.25) is 0 Å². The molecule has 0 aliphatic heterocycles. The first-order chi connectivity index (χ1) is 6.24. The molecule has 0 atom stereocenters. The fourth-order valence-corrected chi connectivity index (χ4v) is 2.23. The summed E-state index contributed by atoms with van der Waals surface area (Å²) in [6.45, 7) is 0. The number of benzene rings is 1. The SMILES string of the molecule is Oc1c(F)c(CCl)cc2ccsc12. The van der Waals surface area contributed by atoms with Crippen LogP contribution < -0.4 is 0 Å². The van der Waals surface area contributed by atoms with Crippen molar-refractivity contribution in [3.8, 4) is 5.75 Å². The Morgan fingerprint density at radius 2 is 2.31 bits per heavy atom. The molecule has 0 spiro atoms. The maximum absolute atomic E-state index is 13.3. The predicted molar refractivity (Wildman–Crippen MR) is 53.0 cm³/mol. The Morgan fingerprint density at radius 3 is 3.00 bits per heavy atom. The molecule has 13 heavy (non-hydrogen) atoms. The van der Waals surface area contributed by atoms with E-state index in [2.05, 4.69) is 0 Å². The Bertz CT molecular complexity index is 452. The van der Waals surface area contributed by atoms with Crippen molar-refractivity contribution >= 4 is 33.0 Å². The Morgan fingerprint density at radius 1 is 1.54 bits per heavy atom. The zero-order chi connectivity index (χ0) is 9.42. The van der Waals surface area contributed by atoms with Crippen LogP contribution in [-0.2, 0) is 5.88 Å². The van der Waals surface area contributed by atoms with Gasteiger partial charge >= 0.3 is 0 Å². The Kier molecular flexibility index (Phi) is 2.14. The van der Waals surface area contributed by atoms with Gasteiger partial charge in [0.2, 0.25) is 0 Å². The average molecular weight is 217 g/mol. The quantitative estimate of drug-likeness (QED) is 0.724. The Balaban J connectivity index is 2.83. The number of phenols is 1. The lowest BCUT2D eigenvalue weighted by molar-refractivity contribution is 0.437. The fraction of sp³-hybridized carbons (Fsp3) is 0.111. The molecule has 0 unspecified atom stereocenters. The molecule has 0 aliphatic rings. The molecule has 68 valence electrons. The van der Waals surface area contributed by atoms with Crippen molar-refractivity contribution in [1.29, 1.82) is 0 Å². The van der Waals surface area contributed by atoms with Gasteiger partial charge in [-0.15, -0.1) is 22.9 Å². The summed E-state index contributed by atoms with van der Waals surface area (Å²) in [5.41, 5.74) is 0.338. The maximum Gasteiger partial charge on any atom is 0.170 e. The van der Waals surface area contributed by atoms with Gasteiger partial charge < -0.3 is 5.11 Å². The fourth-order valence-electron chi connectivity index (χ4n) is 1.23. The van der Waals surface area contributed by atoms with Crippen LogP contribution in [0.4, 0.5) is 4.39 Å². The number of phenolic OH excluding ortho intramolecular Hbond substituents is 1. The number of aromatic hydroxyl groups is 1. The number of fused-ring (bicyclic) bond motifs is 1. The molecule has 0 amide bonds. The molecule has 0 saturated heterocycles. The lowest BCUT2D eigenvalue weighted by Crippen LogP contribution is -1.86. The summed E-state index contributed by atoms with van der Waals surface area (Å²) in [4.78, 5) is 0. The third-order valence-electron chi connectivity index (χ3n) is 1.87. The first kappa shape index (κ1) is 8.78. The highest BCUT2D eigenvalue weighted by Gasteiger charge is 2.12. The minimum absolute atomic E-state index is 0.0746. The molecule has 1 aromatic carbocycles. The number of hydrogen-bond acceptors (Lipinski definition) is 2. The standard InChI is InChI=1S/C9H6ClFOS/c10-4-6-3-5-1-2-13-9(5)8(12)7(6)11/h1-3,12H,4H2. The van der Waals surface area contributed by atoms with Crippen LogP contribution in [0.1, 0.15) is 5.56 Å². The Labute approximate surface area is 83.4 Å². The largest absolute Gasteiger partial charge is 0.504 e. The normalized spacial score (nSPS) is 10.9. The van der Waals surface area contributed by atoms with E-state index in [1.165, 1.54) is 11.3 Å². The second kappa shape index (κ2) is 3.16. The minimum atomic E-state index is -0.607. The van der Waals surface area contributed by atoms with Crippen molar-refractivity contribution in [1.82, 2.24) is 0 Å². The molecule has 2 aromatic rings. The van der Waals surface area contributed by atoms with E-state index in [0.29, 0.717) is 10.3 Å². The lowest BCUT2D eigenvalue weighted by Gasteiger charge is -2.02. The molecular formula is C9H6ClFOS. The third-order valence-corrected chi connectivity index (χ3v) is 3.10. The van der Waals surface area contributed by atoms with E-state index in [1.54, 1.807) is 6.07 Å². The number of thiophene rings is 1. The van der Waals surface area contributed by atoms with Gasteiger partial charge in [0.1, 0.15) is 0 Å². The highest BCUT2D eigenvalue weighted by Crippen LogP contribution is 2.34. The van der Waals surface area contributed by atoms with E-state index < -0.39 is 5.82 Å². The van der Waals surface area contributed by atoms with Gasteiger partial charge in [0.15, 0.2) is 11.6 Å². The summed E-state index contributed by atoms with van der Waals surface area (Å²) >= 11 is 6.84. The number of halogens is 2. The van der Waals surface area contributed by atoms with Crippen LogP contribution in [0.5, 0.6) is 5.75 Å². The van der Waals surface area contributed by atoms with Gasteiger partial charge in [-0.05, 0) is 22.9 Å². The van der Waals surface area contributed by atoms with Crippen LogP contribution in [0, 0.1) is 5.82 Å². The third kappa shape index (κ3) is 1.28. The van der Waals surface area contributed by atoms with Crippen molar-refractivity contribution in [2.24, 2.45) is 0 Å². The first-order valence-corrected chi connectivity index (χ1v) is 5.09. The topological polar surface area (TPSA) is 20.2 Å². The van der Waals surface area contributed by atoms with Crippen LogP contribution in [0.3, 0.4) is 0 Å². The molecule has 0 bridgehead atoms. The van der Waals surface area contributed by atoms with Gasteiger partial charge in [0.25, 0.3) is 0 Å². The molecule has 0 aliphatic carbocycles. The van der Waals surface area contributed by atoms with E-state index in [4.69, 9.17) is 11.6 Å². The molecule has 2 rings (SSSR count). The van der Waals surface area contributed by atoms with Crippen LogP contribution in [0.15, 0.2) is 17.5 Å². The molecule has 0 fully saturated rings. The average Bonchev–Trinajstić information content (AvgIpc) is 2.59. The highest BCUT2D eigenvalue weighted by molar-refractivity contribution is 7.17. The molecule has 1 nitrogen and oxygen atoms in total. The zero-order valence-electron chi connectivity index (χ0n) is 6.55.